The lowest BCUT2D eigenvalue weighted by atomic mass is 9.85. The van der Waals surface area contributed by atoms with E-state index in [1.165, 1.54) is 12.1 Å². The topological polar surface area (TPSA) is 116 Å². The molecular weight excluding hydrogens is 386 g/mol. The summed E-state index contributed by atoms with van der Waals surface area (Å²) in [6.07, 6.45) is 2.43. The van der Waals surface area contributed by atoms with Crippen LogP contribution in [0.25, 0.3) is 0 Å². The van der Waals surface area contributed by atoms with Gasteiger partial charge in [0, 0.05) is 0 Å². The van der Waals surface area contributed by atoms with Crippen LogP contribution in [0.4, 0.5) is 0 Å². The maximum absolute atomic E-state index is 12.8. The number of aliphatic carboxylic acids is 1. The molecule has 0 spiro atoms. The van der Waals surface area contributed by atoms with Gasteiger partial charge in [-0.1, -0.05) is 33.8 Å². The molecule has 0 heterocycles. The van der Waals surface area contributed by atoms with Gasteiger partial charge in [-0.15, -0.1) is 0 Å². The number of carbonyl (C=O) groups excluding carboxylic acids is 2. The van der Waals surface area contributed by atoms with Gasteiger partial charge in [0.2, 0.25) is 0 Å². The zero-order valence-electron chi connectivity index (χ0n) is 18.9. The Kier molecular flexibility index (Phi) is 9.03. The first-order valence-corrected chi connectivity index (χ1v) is 10.5. The summed E-state index contributed by atoms with van der Waals surface area (Å²) in [5, 5.41) is 9.07. The molecule has 0 saturated carbocycles. The number of rotatable bonds is 11. The molecule has 1 unspecified atom stereocenters. The molecule has 0 radical (unpaired) electrons. The van der Waals surface area contributed by atoms with Crippen molar-refractivity contribution < 1.29 is 29.0 Å². The molecule has 0 amide bonds. The van der Waals surface area contributed by atoms with E-state index in [2.05, 4.69) is 0 Å². The number of carbonyl (C=O) groups is 3. The lowest BCUT2D eigenvalue weighted by Crippen LogP contribution is -2.33. The zero-order chi connectivity index (χ0) is 23.1. The normalized spacial score (nSPS) is 12.9. The van der Waals surface area contributed by atoms with Gasteiger partial charge >= 0.3 is 17.9 Å². The molecule has 0 aliphatic carbocycles. The standard InChI is InChI=1S/C23H35NO6/c1-7-22(5,8-2)20(27)29-17-12-11-15(13-16(24)19(25)26)14-18(17)30-21(28)23(6,9-3)10-4/h11-12,14,16H,7-10,13,24H2,1-6H3,(H,25,26). The molecular formula is C23H35NO6. The highest BCUT2D eigenvalue weighted by Crippen LogP contribution is 2.36. The summed E-state index contributed by atoms with van der Waals surface area (Å²) in [5.41, 5.74) is 4.85. The van der Waals surface area contributed by atoms with Crippen LogP contribution < -0.4 is 15.2 Å². The Bertz CT molecular complexity index is 765. The minimum absolute atomic E-state index is 0.0502. The fourth-order valence-electron chi connectivity index (χ4n) is 2.71. The minimum atomic E-state index is -1.13. The van der Waals surface area contributed by atoms with Gasteiger partial charge in [-0.05, 0) is 63.6 Å². The van der Waals surface area contributed by atoms with Gasteiger partial charge in [-0.3, -0.25) is 14.4 Å². The summed E-state index contributed by atoms with van der Waals surface area (Å²) < 4.78 is 11.3. The first kappa shape index (κ1) is 25.6. The van der Waals surface area contributed by atoms with Crippen molar-refractivity contribution in [2.75, 3.05) is 0 Å². The predicted octanol–water partition coefficient (Wildman–Crippen LogP) is 4.10. The first-order valence-electron chi connectivity index (χ1n) is 10.5. The molecule has 7 nitrogen and oxygen atoms in total. The second-order valence-electron chi connectivity index (χ2n) is 8.24. The number of carboxylic acid groups (broad SMARTS) is 1. The number of nitrogens with two attached hydrogens (primary N) is 1. The van der Waals surface area contributed by atoms with Crippen LogP contribution in [0.3, 0.4) is 0 Å². The van der Waals surface area contributed by atoms with Gasteiger partial charge in [-0.25, -0.2) is 0 Å². The number of carboxylic acids is 1. The van der Waals surface area contributed by atoms with Crippen LogP contribution in [0, 0.1) is 10.8 Å². The molecule has 1 aromatic rings. The van der Waals surface area contributed by atoms with Crippen LogP contribution in [-0.4, -0.2) is 29.1 Å². The van der Waals surface area contributed by atoms with Crippen molar-refractivity contribution in [3.8, 4) is 11.5 Å². The van der Waals surface area contributed by atoms with E-state index in [-0.39, 0.29) is 17.9 Å². The Hall–Kier alpha value is -2.41. The maximum Gasteiger partial charge on any atom is 0.320 e. The smallest absolute Gasteiger partial charge is 0.320 e. The number of esters is 2. The molecule has 0 aromatic heterocycles. The Balaban J connectivity index is 3.31. The van der Waals surface area contributed by atoms with E-state index < -0.39 is 34.8 Å². The van der Waals surface area contributed by atoms with Crippen molar-refractivity contribution >= 4 is 17.9 Å². The summed E-state index contributed by atoms with van der Waals surface area (Å²) in [5.74, 6) is -1.75. The van der Waals surface area contributed by atoms with Gasteiger partial charge in [0.1, 0.15) is 6.04 Å². The van der Waals surface area contributed by atoms with Crippen LogP contribution >= 0.6 is 0 Å². The summed E-state index contributed by atoms with van der Waals surface area (Å²) in [6.45, 7) is 11.3. The second-order valence-corrected chi connectivity index (χ2v) is 8.24. The van der Waals surface area contributed by atoms with E-state index in [0.717, 1.165) is 0 Å². The largest absolute Gasteiger partial charge is 0.480 e. The third-order valence-electron chi connectivity index (χ3n) is 6.29. The highest BCUT2D eigenvalue weighted by atomic mass is 16.6. The highest BCUT2D eigenvalue weighted by molar-refractivity contribution is 5.82. The third-order valence-corrected chi connectivity index (χ3v) is 6.29. The molecule has 3 N–H and O–H groups in total. The van der Waals surface area contributed by atoms with Crippen LogP contribution in [0.5, 0.6) is 11.5 Å². The lowest BCUT2D eigenvalue weighted by Gasteiger charge is -2.26. The number of hydrogen-bond donors (Lipinski definition) is 2. The maximum atomic E-state index is 12.8. The molecule has 30 heavy (non-hydrogen) atoms. The second kappa shape index (κ2) is 10.6. The summed E-state index contributed by atoms with van der Waals surface area (Å²) in [6, 6.07) is 3.56. The van der Waals surface area contributed by atoms with E-state index >= 15 is 0 Å². The average molecular weight is 422 g/mol. The Morgan fingerprint density at radius 3 is 1.73 bits per heavy atom. The zero-order valence-corrected chi connectivity index (χ0v) is 18.9. The van der Waals surface area contributed by atoms with Crippen LogP contribution in [0.2, 0.25) is 0 Å². The molecule has 1 atom stereocenters. The molecule has 1 rings (SSSR count). The van der Waals surface area contributed by atoms with E-state index in [4.69, 9.17) is 20.3 Å². The Morgan fingerprint density at radius 1 is 0.900 bits per heavy atom. The Morgan fingerprint density at radius 2 is 1.33 bits per heavy atom. The third kappa shape index (κ3) is 6.05. The molecule has 168 valence electrons. The van der Waals surface area contributed by atoms with Gasteiger partial charge in [0.25, 0.3) is 0 Å². The van der Waals surface area contributed by atoms with E-state index in [1.54, 1.807) is 6.07 Å². The van der Waals surface area contributed by atoms with Gasteiger partial charge in [0.15, 0.2) is 11.5 Å². The van der Waals surface area contributed by atoms with Crippen LogP contribution in [0.1, 0.15) is 72.8 Å². The molecule has 0 saturated heterocycles. The molecule has 0 fully saturated rings. The van der Waals surface area contributed by atoms with E-state index in [1.807, 2.05) is 41.5 Å². The lowest BCUT2D eigenvalue weighted by molar-refractivity contribution is -0.148. The van der Waals surface area contributed by atoms with Crippen LogP contribution in [-0.2, 0) is 20.8 Å². The number of ether oxygens (including phenoxy) is 2. The van der Waals surface area contributed by atoms with Crippen molar-refractivity contribution in [3.63, 3.8) is 0 Å². The van der Waals surface area contributed by atoms with Crippen LogP contribution in [0.15, 0.2) is 18.2 Å². The van der Waals surface area contributed by atoms with Crippen molar-refractivity contribution in [1.82, 2.24) is 0 Å². The minimum Gasteiger partial charge on any atom is -0.480 e. The molecule has 1 aromatic carbocycles. The Labute approximate surface area is 178 Å². The van der Waals surface area contributed by atoms with E-state index in [9.17, 15) is 14.4 Å². The first-order chi connectivity index (χ1) is 14.0. The molecule has 0 aliphatic rings. The number of hydrogen-bond acceptors (Lipinski definition) is 6. The molecule has 0 aliphatic heterocycles. The van der Waals surface area contributed by atoms with Crippen molar-refractivity contribution in [2.45, 2.75) is 79.7 Å². The summed E-state index contributed by atoms with van der Waals surface area (Å²) in [4.78, 5) is 36.6. The predicted molar refractivity (Wildman–Crippen MR) is 114 cm³/mol. The van der Waals surface area contributed by atoms with Gasteiger partial charge in [0.05, 0.1) is 10.8 Å². The summed E-state index contributed by atoms with van der Waals surface area (Å²) >= 11 is 0. The fraction of sp³-hybridized carbons (Fsp3) is 0.609. The van der Waals surface area contributed by atoms with Crippen molar-refractivity contribution in [2.24, 2.45) is 16.6 Å². The monoisotopic (exact) mass is 421 g/mol. The summed E-state index contributed by atoms with van der Waals surface area (Å²) in [7, 11) is 0. The average Bonchev–Trinajstić information content (AvgIpc) is 2.73. The molecule has 7 heteroatoms. The fourth-order valence-corrected chi connectivity index (χ4v) is 2.71. The van der Waals surface area contributed by atoms with Gasteiger partial charge in [-0.2, -0.15) is 0 Å². The van der Waals surface area contributed by atoms with Crippen molar-refractivity contribution in [3.05, 3.63) is 23.8 Å². The van der Waals surface area contributed by atoms with Gasteiger partial charge < -0.3 is 20.3 Å². The quantitative estimate of drug-likeness (QED) is 0.408. The molecule has 0 bridgehead atoms. The van der Waals surface area contributed by atoms with Crippen molar-refractivity contribution in [1.29, 1.82) is 0 Å². The highest BCUT2D eigenvalue weighted by Gasteiger charge is 2.34. The van der Waals surface area contributed by atoms with E-state index in [0.29, 0.717) is 31.2 Å². The SMILES string of the molecule is CCC(C)(CC)C(=O)Oc1ccc(CC(N)C(=O)O)cc1OC(=O)C(C)(CC)CC. The number of benzene rings is 1.